The Morgan fingerprint density at radius 1 is 0.800 bits per heavy atom. The molecule has 0 atom stereocenters. The van der Waals surface area contributed by atoms with Crippen LogP contribution in [-0.2, 0) is 0 Å². The molecular weight excluding hydrogens is 246 g/mol. The van der Waals surface area contributed by atoms with Gasteiger partial charge in [0.05, 0.1) is 7.11 Å². The summed E-state index contributed by atoms with van der Waals surface area (Å²) in [4.78, 5) is 0. The maximum atomic E-state index is 6.03. The number of methoxy groups -OCH3 is 1. The lowest BCUT2D eigenvalue weighted by Crippen LogP contribution is -1.93. The zero-order chi connectivity index (χ0) is 14.1. The van der Waals surface area contributed by atoms with E-state index in [1.54, 1.807) is 7.11 Å². The van der Waals surface area contributed by atoms with Crippen LogP contribution in [0.15, 0.2) is 54.6 Å². The van der Waals surface area contributed by atoms with Gasteiger partial charge in [-0.05, 0) is 41.1 Å². The van der Waals surface area contributed by atoms with Crippen LogP contribution in [0.2, 0.25) is 0 Å². The van der Waals surface area contributed by atoms with E-state index in [0.29, 0.717) is 0 Å². The Hall–Kier alpha value is -2.48. The SMILES string of the molecule is COc1ccc(-c2cccc(N)c2C)c2ccccc12. The van der Waals surface area contributed by atoms with Crippen LogP contribution in [0.5, 0.6) is 5.75 Å². The molecule has 0 aromatic heterocycles. The van der Waals surface area contributed by atoms with Crippen LogP contribution in [-0.4, -0.2) is 7.11 Å². The quantitative estimate of drug-likeness (QED) is 0.695. The van der Waals surface area contributed by atoms with E-state index < -0.39 is 0 Å². The van der Waals surface area contributed by atoms with Crippen molar-refractivity contribution in [2.75, 3.05) is 12.8 Å². The average Bonchev–Trinajstić information content (AvgIpc) is 2.49. The first-order valence-corrected chi connectivity index (χ1v) is 6.63. The molecule has 0 radical (unpaired) electrons. The molecule has 3 rings (SSSR count). The van der Waals surface area contributed by atoms with Crippen molar-refractivity contribution in [2.24, 2.45) is 0 Å². The number of hydrogen-bond acceptors (Lipinski definition) is 2. The highest BCUT2D eigenvalue weighted by Crippen LogP contribution is 2.36. The first-order valence-electron chi connectivity index (χ1n) is 6.63. The highest BCUT2D eigenvalue weighted by Gasteiger charge is 2.10. The average molecular weight is 263 g/mol. The Morgan fingerprint density at radius 2 is 1.55 bits per heavy atom. The number of rotatable bonds is 2. The van der Waals surface area contributed by atoms with Gasteiger partial charge in [0.25, 0.3) is 0 Å². The first kappa shape index (κ1) is 12.5. The van der Waals surface area contributed by atoms with Gasteiger partial charge in [-0.1, -0.05) is 42.5 Å². The smallest absolute Gasteiger partial charge is 0.126 e. The minimum Gasteiger partial charge on any atom is -0.496 e. The number of benzene rings is 3. The molecular formula is C18H17NO. The summed E-state index contributed by atoms with van der Waals surface area (Å²) < 4.78 is 5.45. The second-order valence-electron chi connectivity index (χ2n) is 4.88. The third-order valence-corrected chi connectivity index (χ3v) is 3.77. The highest BCUT2D eigenvalue weighted by atomic mass is 16.5. The predicted octanol–water partition coefficient (Wildman–Crippen LogP) is 4.41. The third-order valence-electron chi connectivity index (χ3n) is 3.77. The van der Waals surface area contributed by atoms with Gasteiger partial charge in [-0.3, -0.25) is 0 Å². The number of anilines is 1. The van der Waals surface area contributed by atoms with Crippen molar-refractivity contribution >= 4 is 16.5 Å². The van der Waals surface area contributed by atoms with E-state index in [0.717, 1.165) is 22.4 Å². The fourth-order valence-corrected chi connectivity index (χ4v) is 2.63. The number of hydrogen-bond donors (Lipinski definition) is 1. The fourth-order valence-electron chi connectivity index (χ4n) is 2.63. The van der Waals surface area contributed by atoms with Crippen LogP contribution >= 0.6 is 0 Å². The van der Waals surface area contributed by atoms with E-state index in [1.165, 1.54) is 16.5 Å². The number of nitrogen functional groups attached to an aromatic ring is 1. The van der Waals surface area contributed by atoms with E-state index in [4.69, 9.17) is 10.5 Å². The van der Waals surface area contributed by atoms with Gasteiger partial charge in [0, 0.05) is 11.1 Å². The molecule has 3 aromatic carbocycles. The summed E-state index contributed by atoms with van der Waals surface area (Å²) in [5.41, 5.74) is 10.3. The normalized spacial score (nSPS) is 10.7. The Morgan fingerprint density at radius 3 is 2.30 bits per heavy atom. The Kier molecular flexibility index (Phi) is 3.07. The van der Waals surface area contributed by atoms with Gasteiger partial charge in [0.1, 0.15) is 5.75 Å². The molecule has 0 bridgehead atoms. The molecule has 100 valence electrons. The Labute approximate surface area is 118 Å². The minimum atomic E-state index is 0.822. The topological polar surface area (TPSA) is 35.2 Å². The maximum Gasteiger partial charge on any atom is 0.126 e. The first-order chi connectivity index (χ1) is 9.72. The van der Waals surface area contributed by atoms with Gasteiger partial charge in [-0.25, -0.2) is 0 Å². The summed E-state index contributed by atoms with van der Waals surface area (Å²) in [6, 6.07) is 18.4. The van der Waals surface area contributed by atoms with Crippen molar-refractivity contribution in [3.05, 3.63) is 60.2 Å². The van der Waals surface area contributed by atoms with Crippen molar-refractivity contribution in [1.29, 1.82) is 0 Å². The number of nitrogens with two attached hydrogens (primary N) is 1. The summed E-state index contributed by atoms with van der Waals surface area (Å²) in [6.07, 6.45) is 0. The summed E-state index contributed by atoms with van der Waals surface area (Å²) in [5.74, 6) is 0.894. The molecule has 0 fully saturated rings. The molecule has 2 N–H and O–H groups in total. The van der Waals surface area contributed by atoms with Crippen LogP contribution in [0, 0.1) is 6.92 Å². The third kappa shape index (κ3) is 1.90. The largest absolute Gasteiger partial charge is 0.496 e. The Bertz CT molecular complexity index is 777. The van der Waals surface area contributed by atoms with E-state index in [1.807, 2.05) is 30.3 Å². The molecule has 0 amide bonds. The molecule has 0 aliphatic heterocycles. The molecule has 0 saturated heterocycles. The lowest BCUT2D eigenvalue weighted by atomic mass is 9.94. The molecule has 2 nitrogen and oxygen atoms in total. The zero-order valence-electron chi connectivity index (χ0n) is 11.7. The lowest BCUT2D eigenvalue weighted by molar-refractivity contribution is 0.420. The summed E-state index contributed by atoms with van der Waals surface area (Å²) in [5, 5.41) is 2.30. The van der Waals surface area contributed by atoms with Gasteiger partial charge < -0.3 is 10.5 Å². The molecule has 0 aliphatic carbocycles. The fraction of sp³-hybridized carbons (Fsp3) is 0.111. The van der Waals surface area contributed by atoms with Crippen LogP contribution in [0.1, 0.15) is 5.56 Å². The van der Waals surface area contributed by atoms with Crippen LogP contribution in [0.4, 0.5) is 5.69 Å². The molecule has 20 heavy (non-hydrogen) atoms. The predicted molar refractivity (Wildman–Crippen MR) is 85.1 cm³/mol. The van der Waals surface area contributed by atoms with Crippen LogP contribution in [0.25, 0.3) is 21.9 Å². The molecule has 0 spiro atoms. The van der Waals surface area contributed by atoms with Crippen molar-refractivity contribution in [1.82, 2.24) is 0 Å². The zero-order valence-corrected chi connectivity index (χ0v) is 11.7. The second kappa shape index (κ2) is 4.89. The second-order valence-corrected chi connectivity index (χ2v) is 4.88. The molecule has 3 aromatic rings. The molecule has 0 saturated carbocycles. The van der Waals surface area contributed by atoms with Gasteiger partial charge in [-0.15, -0.1) is 0 Å². The van der Waals surface area contributed by atoms with E-state index in [-0.39, 0.29) is 0 Å². The van der Waals surface area contributed by atoms with Gasteiger partial charge in [0.2, 0.25) is 0 Å². The van der Waals surface area contributed by atoms with Gasteiger partial charge in [0.15, 0.2) is 0 Å². The minimum absolute atomic E-state index is 0.822. The van der Waals surface area contributed by atoms with E-state index >= 15 is 0 Å². The van der Waals surface area contributed by atoms with E-state index in [2.05, 4.69) is 31.2 Å². The van der Waals surface area contributed by atoms with Crippen molar-refractivity contribution in [3.63, 3.8) is 0 Å². The standard InChI is InChI=1S/C18H17NO/c1-12-13(8-5-9-17(12)19)15-10-11-18(20-2)16-7-4-3-6-14(15)16/h3-11H,19H2,1-2H3. The molecule has 0 unspecified atom stereocenters. The van der Waals surface area contributed by atoms with Crippen molar-refractivity contribution in [2.45, 2.75) is 6.92 Å². The maximum absolute atomic E-state index is 6.03. The molecule has 0 heterocycles. The highest BCUT2D eigenvalue weighted by molar-refractivity contribution is 6.01. The Balaban J connectivity index is 2.35. The monoisotopic (exact) mass is 263 g/mol. The van der Waals surface area contributed by atoms with Crippen LogP contribution < -0.4 is 10.5 Å². The van der Waals surface area contributed by atoms with Gasteiger partial charge >= 0.3 is 0 Å². The van der Waals surface area contributed by atoms with E-state index in [9.17, 15) is 0 Å². The van der Waals surface area contributed by atoms with Crippen molar-refractivity contribution < 1.29 is 4.74 Å². The van der Waals surface area contributed by atoms with Crippen molar-refractivity contribution in [3.8, 4) is 16.9 Å². The summed E-state index contributed by atoms with van der Waals surface area (Å²) in [6.45, 7) is 2.06. The molecule has 2 heteroatoms. The summed E-state index contributed by atoms with van der Waals surface area (Å²) >= 11 is 0. The lowest BCUT2D eigenvalue weighted by Gasteiger charge is -2.13. The van der Waals surface area contributed by atoms with Gasteiger partial charge in [-0.2, -0.15) is 0 Å². The molecule has 0 aliphatic rings. The number of fused-ring (bicyclic) bond motifs is 1. The summed E-state index contributed by atoms with van der Waals surface area (Å²) in [7, 11) is 1.70. The number of ether oxygens (including phenoxy) is 1. The van der Waals surface area contributed by atoms with Crippen LogP contribution in [0.3, 0.4) is 0 Å².